The fraction of sp³-hybridized carbons (Fsp3) is 0.556. The number of nitrogens with zero attached hydrogens (tertiary/aromatic N) is 1. The van der Waals surface area contributed by atoms with Crippen molar-refractivity contribution in [3.05, 3.63) is 29.0 Å². The number of methoxy groups -OCH3 is 1. The maximum atomic E-state index is 13.1. The molecule has 0 radical (unpaired) electrons. The molecule has 8 heteroatoms. The average Bonchev–Trinajstić information content (AvgIpc) is 2.62. The van der Waals surface area contributed by atoms with E-state index in [4.69, 9.17) is 16.3 Å². The Balaban J connectivity index is 1.70. The van der Waals surface area contributed by atoms with Gasteiger partial charge < -0.3 is 15.4 Å². The van der Waals surface area contributed by atoms with Crippen LogP contribution < -0.4 is 10.6 Å². The molecule has 1 fully saturated rings. The molecular weight excluding hydrogens is 361 g/mol. The molecular formula is C18H25ClFN3O3. The summed E-state index contributed by atoms with van der Waals surface area (Å²) in [7, 11) is 1.64. The number of nitrogens with one attached hydrogen (secondary N) is 2. The zero-order valence-electron chi connectivity index (χ0n) is 14.9. The number of rotatable bonds is 8. The molecule has 0 spiro atoms. The largest absolute Gasteiger partial charge is 0.385 e. The number of carbonyl (C=O) groups is 2. The van der Waals surface area contributed by atoms with Crippen LogP contribution in [0.1, 0.15) is 19.3 Å². The van der Waals surface area contributed by atoms with E-state index < -0.39 is 5.82 Å². The second-order valence-corrected chi connectivity index (χ2v) is 6.77. The van der Waals surface area contributed by atoms with E-state index in [1.807, 2.05) is 4.90 Å². The first-order chi connectivity index (χ1) is 12.5. The van der Waals surface area contributed by atoms with Crippen molar-refractivity contribution in [2.24, 2.45) is 5.92 Å². The van der Waals surface area contributed by atoms with Crippen LogP contribution in [0, 0.1) is 11.7 Å². The van der Waals surface area contributed by atoms with Gasteiger partial charge in [0.05, 0.1) is 11.6 Å². The molecule has 2 rings (SSSR count). The summed E-state index contributed by atoms with van der Waals surface area (Å²) in [5.41, 5.74) is 0.465. The second-order valence-electron chi connectivity index (χ2n) is 6.36. The third-order valence-electron chi connectivity index (χ3n) is 4.35. The highest BCUT2D eigenvalue weighted by molar-refractivity contribution is 6.31. The van der Waals surface area contributed by atoms with Gasteiger partial charge in [0, 0.05) is 31.9 Å². The Morgan fingerprint density at radius 3 is 2.73 bits per heavy atom. The number of carbonyl (C=O) groups excluding carboxylic acids is 2. The van der Waals surface area contributed by atoms with Crippen LogP contribution in [-0.2, 0) is 14.3 Å². The number of ether oxygens (including phenoxy) is 1. The quantitative estimate of drug-likeness (QED) is 0.673. The zero-order valence-corrected chi connectivity index (χ0v) is 15.7. The molecule has 0 aromatic heterocycles. The number of likely N-dealkylation sites (tertiary alicyclic amines) is 1. The molecule has 0 bridgehead atoms. The van der Waals surface area contributed by atoms with Crippen LogP contribution in [0.15, 0.2) is 18.2 Å². The van der Waals surface area contributed by atoms with Crippen molar-refractivity contribution < 1.29 is 18.7 Å². The molecule has 0 saturated carbocycles. The first kappa shape index (κ1) is 20.6. The summed E-state index contributed by atoms with van der Waals surface area (Å²) in [5, 5.41) is 5.61. The van der Waals surface area contributed by atoms with Crippen molar-refractivity contribution in [3.63, 3.8) is 0 Å². The summed E-state index contributed by atoms with van der Waals surface area (Å²) in [6.45, 7) is 2.86. The van der Waals surface area contributed by atoms with Gasteiger partial charge in [0.2, 0.25) is 11.8 Å². The van der Waals surface area contributed by atoms with Crippen LogP contribution in [-0.4, -0.2) is 56.6 Å². The molecule has 2 N–H and O–H groups in total. The van der Waals surface area contributed by atoms with Crippen molar-refractivity contribution in [3.8, 4) is 0 Å². The topological polar surface area (TPSA) is 70.7 Å². The van der Waals surface area contributed by atoms with Gasteiger partial charge in [-0.2, -0.15) is 0 Å². The number of anilines is 1. The molecule has 0 unspecified atom stereocenters. The molecule has 1 heterocycles. The molecule has 1 aromatic carbocycles. The standard InChI is InChI=1S/C18H25ClFN3O3/c1-26-10-2-7-21-18(25)13-5-8-23(9-6-13)12-17(24)22-14-3-4-16(20)15(19)11-14/h3-4,11,13H,2,5-10,12H2,1H3,(H,21,25)(H,22,24). The molecule has 1 aromatic rings. The Morgan fingerprint density at radius 1 is 1.35 bits per heavy atom. The lowest BCUT2D eigenvalue weighted by atomic mass is 9.96. The fourth-order valence-electron chi connectivity index (χ4n) is 2.90. The van der Waals surface area contributed by atoms with Gasteiger partial charge in [-0.25, -0.2) is 4.39 Å². The van der Waals surface area contributed by atoms with Gasteiger partial charge in [-0.1, -0.05) is 11.6 Å². The molecule has 6 nitrogen and oxygen atoms in total. The predicted molar refractivity (Wildman–Crippen MR) is 98.7 cm³/mol. The molecule has 26 heavy (non-hydrogen) atoms. The first-order valence-electron chi connectivity index (χ1n) is 8.73. The summed E-state index contributed by atoms with van der Waals surface area (Å²) >= 11 is 5.71. The molecule has 1 aliphatic rings. The fourth-order valence-corrected chi connectivity index (χ4v) is 3.08. The van der Waals surface area contributed by atoms with E-state index in [0.29, 0.717) is 31.9 Å². The van der Waals surface area contributed by atoms with Crippen molar-refractivity contribution in [2.75, 3.05) is 45.2 Å². The Kier molecular flexibility index (Phi) is 8.28. The van der Waals surface area contributed by atoms with E-state index in [1.165, 1.54) is 18.2 Å². The zero-order chi connectivity index (χ0) is 18.9. The molecule has 0 atom stereocenters. The van der Waals surface area contributed by atoms with Gasteiger partial charge in [0.15, 0.2) is 0 Å². The Morgan fingerprint density at radius 2 is 2.08 bits per heavy atom. The van der Waals surface area contributed by atoms with E-state index >= 15 is 0 Å². The van der Waals surface area contributed by atoms with Gasteiger partial charge in [0.1, 0.15) is 5.82 Å². The van der Waals surface area contributed by atoms with Crippen molar-refractivity contribution in [1.29, 1.82) is 0 Å². The minimum atomic E-state index is -0.521. The lowest BCUT2D eigenvalue weighted by Gasteiger charge is -2.30. The van der Waals surface area contributed by atoms with Gasteiger partial charge in [-0.15, -0.1) is 0 Å². The monoisotopic (exact) mass is 385 g/mol. The Labute approximate surface area is 158 Å². The Hall–Kier alpha value is -1.70. The number of piperidine rings is 1. The first-order valence-corrected chi connectivity index (χ1v) is 9.11. The summed E-state index contributed by atoms with van der Waals surface area (Å²) < 4.78 is 18.1. The molecule has 1 saturated heterocycles. The number of benzene rings is 1. The average molecular weight is 386 g/mol. The van der Waals surface area contributed by atoms with Crippen molar-refractivity contribution in [2.45, 2.75) is 19.3 Å². The number of hydrogen-bond donors (Lipinski definition) is 2. The van der Waals surface area contributed by atoms with Crippen LogP contribution in [0.3, 0.4) is 0 Å². The van der Waals surface area contributed by atoms with Crippen LogP contribution in [0.2, 0.25) is 5.02 Å². The van der Waals surface area contributed by atoms with Crippen LogP contribution in [0.4, 0.5) is 10.1 Å². The summed E-state index contributed by atoms with van der Waals surface area (Å²) in [6, 6.07) is 4.07. The minimum Gasteiger partial charge on any atom is -0.385 e. The lowest BCUT2D eigenvalue weighted by Crippen LogP contribution is -2.43. The van der Waals surface area contributed by atoms with Gasteiger partial charge in [-0.3, -0.25) is 14.5 Å². The van der Waals surface area contributed by atoms with E-state index in [9.17, 15) is 14.0 Å². The number of hydrogen-bond acceptors (Lipinski definition) is 4. The molecule has 1 aliphatic heterocycles. The summed E-state index contributed by atoms with van der Waals surface area (Å²) in [4.78, 5) is 26.2. The molecule has 2 amide bonds. The smallest absolute Gasteiger partial charge is 0.238 e. The highest BCUT2D eigenvalue weighted by atomic mass is 35.5. The van der Waals surface area contributed by atoms with Crippen molar-refractivity contribution >= 4 is 29.1 Å². The van der Waals surface area contributed by atoms with Gasteiger partial charge in [0.25, 0.3) is 0 Å². The maximum Gasteiger partial charge on any atom is 0.238 e. The molecule has 144 valence electrons. The second kappa shape index (κ2) is 10.4. The van der Waals surface area contributed by atoms with Gasteiger partial charge >= 0.3 is 0 Å². The third-order valence-corrected chi connectivity index (χ3v) is 4.64. The van der Waals surface area contributed by atoms with E-state index in [0.717, 1.165) is 19.3 Å². The SMILES string of the molecule is COCCCNC(=O)C1CCN(CC(=O)Nc2ccc(F)c(Cl)c2)CC1. The lowest BCUT2D eigenvalue weighted by molar-refractivity contribution is -0.126. The third kappa shape index (κ3) is 6.55. The minimum absolute atomic E-state index is 0.00670. The van der Waals surface area contributed by atoms with Gasteiger partial charge in [-0.05, 0) is 50.6 Å². The van der Waals surface area contributed by atoms with Crippen LogP contribution in [0.5, 0.6) is 0 Å². The maximum absolute atomic E-state index is 13.1. The van der Waals surface area contributed by atoms with E-state index in [-0.39, 0.29) is 29.3 Å². The summed E-state index contributed by atoms with van der Waals surface area (Å²) in [5.74, 6) is -0.638. The highest BCUT2D eigenvalue weighted by Crippen LogP contribution is 2.20. The number of amides is 2. The van der Waals surface area contributed by atoms with Crippen LogP contribution >= 0.6 is 11.6 Å². The highest BCUT2D eigenvalue weighted by Gasteiger charge is 2.25. The van der Waals surface area contributed by atoms with E-state index in [1.54, 1.807) is 7.11 Å². The summed E-state index contributed by atoms with van der Waals surface area (Å²) in [6.07, 6.45) is 2.26. The number of halogens is 2. The molecule has 0 aliphatic carbocycles. The predicted octanol–water partition coefficient (Wildman–Crippen LogP) is 2.28. The normalized spacial score (nSPS) is 15.7. The van der Waals surface area contributed by atoms with Crippen LogP contribution in [0.25, 0.3) is 0 Å². The van der Waals surface area contributed by atoms with E-state index in [2.05, 4.69) is 10.6 Å². The van der Waals surface area contributed by atoms with Crippen molar-refractivity contribution in [1.82, 2.24) is 10.2 Å². The Bertz CT molecular complexity index is 622.